The van der Waals surface area contributed by atoms with Crippen LogP contribution in [0.15, 0.2) is 12.1 Å². The fourth-order valence-corrected chi connectivity index (χ4v) is 3.24. The lowest BCUT2D eigenvalue weighted by Crippen LogP contribution is -2.45. The third-order valence-corrected chi connectivity index (χ3v) is 4.83. The molecule has 1 aliphatic heterocycles. The Kier molecular flexibility index (Phi) is 3.90. The van der Waals surface area contributed by atoms with E-state index in [0.717, 1.165) is 31.7 Å². The molecule has 1 saturated heterocycles. The first-order valence-electron chi connectivity index (χ1n) is 6.80. The minimum absolute atomic E-state index is 0.157. The molecule has 19 heavy (non-hydrogen) atoms. The number of phenolic OH excluding ortho intramolecular Hbond substituents is 1. The van der Waals surface area contributed by atoms with Gasteiger partial charge in [0.05, 0.1) is 5.02 Å². The van der Waals surface area contributed by atoms with Crippen LogP contribution in [0.1, 0.15) is 24.4 Å². The molecule has 1 aromatic rings. The smallest absolute Gasteiger partial charge is 0.140 e. The van der Waals surface area contributed by atoms with Crippen LogP contribution in [0.2, 0.25) is 10.0 Å². The molecular weight excluding hydrogens is 283 g/mol. The van der Waals surface area contributed by atoms with Gasteiger partial charge in [-0.25, -0.2) is 0 Å². The zero-order chi connectivity index (χ0) is 13.4. The predicted molar refractivity (Wildman–Crippen MR) is 78.0 cm³/mol. The van der Waals surface area contributed by atoms with Crippen LogP contribution in [-0.2, 0) is 0 Å². The van der Waals surface area contributed by atoms with E-state index in [0.29, 0.717) is 10.9 Å². The number of rotatable bonds is 3. The Bertz CT molecular complexity index is 471. The van der Waals surface area contributed by atoms with E-state index in [4.69, 9.17) is 23.2 Å². The highest BCUT2D eigenvalue weighted by Gasteiger charge is 2.38. The molecule has 2 aliphatic rings. The second-order valence-electron chi connectivity index (χ2n) is 5.37. The molecule has 5 heteroatoms. The Morgan fingerprint density at radius 3 is 2.53 bits per heavy atom. The van der Waals surface area contributed by atoms with Gasteiger partial charge in [0.1, 0.15) is 10.8 Å². The van der Waals surface area contributed by atoms with Gasteiger partial charge in [0.2, 0.25) is 0 Å². The van der Waals surface area contributed by atoms with Crippen LogP contribution in [0, 0.1) is 5.92 Å². The molecule has 3 rings (SSSR count). The van der Waals surface area contributed by atoms with Crippen LogP contribution in [0.25, 0.3) is 0 Å². The van der Waals surface area contributed by atoms with E-state index < -0.39 is 0 Å². The highest BCUT2D eigenvalue weighted by molar-refractivity contribution is 6.43. The molecule has 0 unspecified atom stereocenters. The summed E-state index contributed by atoms with van der Waals surface area (Å²) in [6, 6.07) is 3.99. The molecule has 1 aromatic carbocycles. The average molecular weight is 301 g/mol. The van der Waals surface area contributed by atoms with Crippen molar-refractivity contribution in [3.63, 3.8) is 0 Å². The lowest BCUT2D eigenvalue weighted by molar-refractivity contribution is 0.153. The van der Waals surface area contributed by atoms with Crippen LogP contribution in [0.4, 0.5) is 0 Å². The normalized spacial score (nSPS) is 22.4. The second-order valence-corrected chi connectivity index (χ2v) is 6.15. The highest BCUT2D eigenvalue weighted by atomic mass is 35.5. The average Bonchev–Trinajstić information content (AvgIpc) is 3.25. The molecule has 2 N–H and O–H groups in total. The number of nitrogens with zero attached hydrogens (tertiary/aromatic N) is 1. The molecule has 1 saturated carbocycles. The number of nitrogens with one attached hydrogen (secondary N) is 1. The van der Waals surface area contributed by atoms with Crippen molar-refractivity contribution in [3.8, 4) is 5.75 Å². The first kappa shape index (κ1) is 13.5. The molecule has 0 radical (unpaired) electrons. The SMILES string of the molecule is Oc1c([C@@H](C2CC2)N2CCNCC2)ccc(Cl)c1Cl. The zero-order valence-electron chi connectivity index (χ0n) is 10.7. The fraction of sp³-hybridized carbons (Fsp3) is 0.571. The number of benzene rings is 1. The van der Waals surface area contributed by atoms with Gasteiger partial charge in [-0.1, -0.05) is 29.3 Å². The summed E-state index contributed by atoms with van der Waals surface area (Å²) >= 11 is 12.0. The minimum atomic E-state index is 0.157. The molecule has 2 fully saturated rings. The van der Waals surface area contributed by atoms with Crippen molar-refractivity contribution in [3.05, 3.63) is 27.7 Å². The first-order valence-corrected chi connectivity index (χ1v) is 7.55. The molecule has 0 amide bonds. The summed E-state index contributed by atoms with van der Waals surface area (Å²) in [7, 11) is 0. The van der Waals surface area contributed by atoms with Crippen molar-refractivity contribution in [1.29, 1.82) is 0 Å². The number of halogens is 2. The zero-order valence-corrected chi connectivity index (χ0v) is 12.2. The Morgan fingerprint density at radius 1 is 1.21 bits per heavy atom. The Balaban J connectivity index is 1.93. The van der Waals surface area contributed by atoms with Crippen LogP contribution in [0.5, 0.6) is 5.75 Å². The summed E-state index contributed by atoms with van der Waals surface area (Å²) in [5.74, 6) is 0.797. The number of hydrogen-bond donors (Lipinski definition) is 2. The van der Waals surface area contributed by atoms with Gasteiger partial charge in [-0.2, -0.15) is 0 Å². The third-order valence-electron chi connectivity index (χ3n) is 4.03. The molecule has 1 aliphatic carbocycles. The molecular formula is C14H18Cl2N2O. The van der Waals surface area contributed by atoms with Crippen molar-refractivity contribution in [2.45, 2.75) is 18.9 Å². The predicted octanol–water partition coefficient (Wildman–Crippen LogP) is 3.06. The van der Waals surface area contributed by atoms with Crippen molar-refractivity contribution in [1.82, 2.24) is 10.2 Å². The van der Waals surface area contributed by atoms with Gasteiger partial charge in [0.25, 0.3) is 0 Å². The lowest BCUT2D eigenvalue weighted by Gasteiger charge is -2.35. The van der Waals surface area contributed by atoms with E-state index in [2.05, 4.69) is 10.2 Å². The molecule has 104 valence electrons. The number of phenols is 1. The number of hydrogen-bond acceptors (Lipinski definition) is 3. The van der Waals surface area contributed by atoms with Crippen LogP contribution < -0.4 is 5.32 Å². The second kappa shape index (κ2) is 5.49. The summed E-state index contributed by atoms with van der Waals surface area (Å²) < 4.78 is 0. The molecule has 1 heterocycles. The summed E-state index contributed by atoms with van der Waals surface area (Å²) in [6.07, 6.45) is 2.46. The Labute approximate surface area is 123 Å². The monoisotopic (exact) mass is 300 g/mol. The van der Waals surface area contributed by atoms with E-state index in [1.165, 1.54) is 12.8 Å². The lowest BCUT2D eigenvalue weighted by atomic mass is 9.98. The maximum absolute atomic E-state index is 10.3. The summed E-state index contributed by atoms with van der Waals surface area (Å²) in [4.78, 5) is 2.45. The van der Waals surface area contributed by atoms with Gasteiger partial charge in [-0.15, -0.1) is 0 Å². The topological polar surface area (TPSA) is 35.5 Å². The van der Waals surface area contributed by atoms with E-state index in [1.54, 1.807) is 6.07 Å². The highest BCUT2D eigenvalue weighted by Crippen LogP contribution is 2.49. The molecule has 0 spiro atoms. The fourth-order valence-electron chi connectivity index (χ4n) is 2.91. The summed E-state index contributed by atoms with van der Waals surface area (Å²) in [6.45, 7) is 4.04. The maximum atomic E-state index is 10.3. The number of aromatic hydroxyl groups is 1. The summed E-state index contributed by atoms with van der Waals surface area (Å²) in [5.41, 5.74) is 0.929. The standard InChI is InChI=1S/C14H18Cl2N2O/c15-11-4-3-10(14(19)12(11)16)13(9-1-2-9)18-7-5-17-6-8-18/h3-4,9,13,17,19H,1-2,5-8H2/t13-/m1/s1. The van der Waals surface area contributed by atoms with Crippen LogP contribution >= 0.6 is 23.2 Å². The van der Waals surface area contributed by atoms with Crippen molar-refractivity contribution in [2.24, 2.45) is 5.92 Å². The van der Waals surface area contributed by atoms with Crippen molar-refractivity contribution in [2.75, 3.05) is 26.2 Å². The van der Waals surface area contributed by atoms with Crippen molar-refractivity contribution < 1.29 is 5.11 Å². The minimum Gasteiger partial charge on any atom is -0.506 e. The van der Waals surface area contributed by atoms with Gasteiger partial charge in [0, 0.05) is 37.8 Å². The van der Waals surface area contributed by atoms with Crippen LogP contribution in [-0.4, -0.2) is 36.2 Å². The van der Waals surface area contributed by atoms with Crippen molar-refractivity contribution >= 4 is 23.2 Å². The third kappa shape index (κ3) is 2.70. The largest absolute Gasteiger partial charge is 0.506 e. The summed E-state index contributed by atoms with van der Waals surface area (Å²) in [5, 5.41) is 14.4. The Morgan fingerprint density at radius 2 is 1.89 bits per heavy atom. The quantitative estimate of drug-likeness (QED) is 0.900. The van der Waals surface area contributed by atoms with Gasteiger partial charge < -0.3 is 10.4 Å². The van der Waals surface area contributed by atoms with Crippen LogP contribution in [0.3, 0.4) is 0 Å². The molecule has 1 atom stereocenters. The molecule has 3 nitrogen and oxygen atoms in total. The molecule has 0 bridgehead atoms. The molecule has 0 aromatic heterocycles. The van der Waals surface area contributed by atoms with Gasteiger partial charge >= 0.3 is 0 Å². The number of piperazine rings is 1. The van der Waals surface area contributed by atoms with Gasteiger partial charge in [-0.05, 0) is 24.8 Å². The van der Waals surface area contributed by atoms with Gasteiger partial charge in [-0.3, -0.25) is 4.90 Å². The van der Waals surface area contributed by atoms with E-state index in [1.807, 2.05) is 6.07 Å². The van der Waals surface area contributed by atoms with E-state index >= 15 is 0 Å². The maximum Gasteiger partial charge on any atom is 0.140 e. The Hall–Kier alpha value is -0.480. The van der Waals surface area contributed by atoms with E-state index in [-0.39, 0.29) is 16.8 Å². The van der Waals surface area contributed by atoms with E-state index in [9.17, 15) is 5.11 Å². The first-order chi connectivity index (χ1) is 9.18. The van der Waals surface area contributed by atoms with Gasteiger partial charge in [0.15, 0.2) is 0 Å².